The van der Waals surface area contributed by atoms with Gasteiger partial charge in [-0.05, 0) is 55.2 Å². The maximum absolute atomic E-state index is 13.3. The molecule has 168 valence electrons. The van der Waals surface area contributed by atoms with E-state index in [-0.39, 0.29) is 29.4 Å². The summed E-state index contributed by atoms with van der Waals surface area (Å²) in [5, 5.41) is 8.18. The van der Waals surface area contributed by atoms with Crippen LogP contribution in [0, 0.1) is 0 Å². The first-order valence-corrected chi connectivity index (χ1v) is 13.0. The summed E-state index contributed by atoms with van der Waals surface area (Å²) in [6, 6.07) is 14.2. The van der Waals surface area contributed by atoms with E-state index in [0.29, 0.717) is 12.2 Å². The van der Waals surface area contributed by atoms with Crippen LogP contribution in [0.2, 0.25) is 0 Å². The second-order valence-corrected chi connectivity index (χ2v) is 10.9. The lowest BCUT2D eigenvalue weighted by atomic mass is 10.1. The summed E-state index contributed by atoms with van der Waals surface area (Å²) in [6.07, 6.45) is 3.40. The lowest BCUT2D eigenvalue weighted by molar-refractivity contribution is -0.134. The second kappa shape index (κ2) is 9.01. The molecule has 2 aromatic heterocycles. The molecule has 2 unspecified atom stereocenters. The van der Waals surface area contributed by atoms with Crippen molar-refractivity contribution in [2.24, 2.45) is 5.10 Å². The number of nitrogens with zero attached hydrogens (tertiary/aromatic N) is 3. The monoisotopic (exact) mass is 471 g/mol. The molecule has 0 saturated heterocycles. The molecule has 0 saturated carbocycles. The van der Waals surface area contributed by atoms with Gasteiger partial charge in [0.25, 0.3) is 5.91 Å². The summed E-state index contributed by atoms with van der Waals surface area (Å²) in [5.41, 5.74) is 1.69. The molecule has 7 nitrogen and oxygen atoms in total. The minimum Gasteiger partial charge on any atom is -0.463 e. The van der Waals surface area contributed by atoms with Crippen molar-refractivity contribution in [3.63, 3.8) is 0 Å². The van der Waals surface area contributed by atoms with Gasteiger partial charge in [-0.25, -0.2) is 13.4 Å². The zero-order valence-corrected chi connectivity index (χ0v) is 19.8. The van der Waals surface area contributed by atoms with E-state index in [0.717, 1.165) is 16.2 Å². The van der Waals surface area contributed by atoms with E-state index in [1.807, 2.05) is 48.5 Å². The van der Waals surface area contributed by atoms with Gasteiger partial charge in [0.2, 0.25) is 0 Å². The molecule has 1 aliphatic rings. The average Bonchev–Trinajstić information content (AvgIpc) is 3.53. The SMILES string of the molecule is CC(c1ccc(S(C)(=O)=O)cc1)N(C)CC(=O)N1N=C(c2ccco2)CC1c1cccs1. The quantitative estimate of drug-likeness (QED) is 0.518. The van der Waals surface area contributed by atoms with E-state index in [1.54, 1.807) is 46.9 Å². The van der Waals surface area contributed by atoms with Gasteiger partial charge in [-0.1, -0.05) is 18.2 Å². The summed E-state index contributed by atoms with van der Waals surface area (Å²) in [4.78, 5) is 16.6. The fraction of sp³-hybridized carbons (Fsp3) is 0.304. The zero-order chi connectivity index (χ0) is 22.9. The predicted molar refractivity (Wildman–Crippen MR) is 124 cm³/mol. The maximum Gasteiger partial charge on any atom is 0.257 e. The minimum absolute atomic E-state index is 0.0797. The molecule has 0 N–H and O–H groups in total. The molecule has 9 heteroatoms. The van der Waals surface area contributed by atoms with Crippen LogP contribution in [-0.4, -0.2) is 49.8 Å². The molecule has 0 radical (unpaired) electrons. The van der Waals surface area contributed by atoms with Crippen LogP contribution in [0.5, 0.6) is 0 Å². The van der Waals surface area contributed by atoms with Crippen LogP contribution < -0.4 is 0 Å². The molecule has 0 aliphatic carbocycles. The highest BCUT2D eigenvalue weighted by atomic mass is 32.2. The van der Waals surface area contributed by atoms with Gasteiger partial charge < -0.3 is 4.42 Å². The van der Waals surface area contributed by atoms with Crippen molar-refractivity contribution in [1.82, 2.24) is 9.91 Å². The molecule has 0 spiro atoms. The molecular formula is C23H25N3O4S2. The average molecular weight is 472 g/mol. The van der Waals surface area contributed by atoms with Gasteiger partial charge in [0, 0.05) is 23.6 Å². The molecule has 4 rings (SSSR count). The van der Waals surface area contributed by atoms with E-state index in [2.05, 4.69) is 5.10 Å². The first-order chi connectivity index (χ1) is 15.2. The lowest BCUT2D eigenvalue weighted by Crippen LogP contribution is -2.37. The van der Waals surface area contributed by atoms with Crippen LogP contribution in [0.25, 0.3) is 0 Å². The van der Waals surface area contributed by atoms with Crippen molar-refractivity contribution in [2.45, 2.75) is 30.3 Å². The molecule has 2 atom stereocenters. The Morgan fingerprint density at radius 2 is 2.00 bits per heavy atom. The highest BCUT2D eigenvalue weighted by Gasteiger charge is 2.35. The number of thiophene rings is 1. The number of sulfone groups is 1. The number of carbonyl (C=O) groups is 1. The lowest BCUT2D eigenvalue weighted by Gasteiger charge is -2.28. The molecule has 1 aromatic carbocycles. The summed E-state index contributed by atoms with van der Waals surface area (Å²) < 4.78 is 28.9. The van der Waals surface area contributed by atoms with E-state index in [9.17, 15) is 13.2 Å². The fourth-order valence-electron chi connectivity index (χ4n) is 3.71. The Morgan fingerprint density at radius 3 is 2.59 bits per heavy atom. The van der Waals surface area contributed by atoms with Crippen molar-refractivity contribution < 1.29 is 17.6 Å². The Balaban J connectivity index is 1.50. The van der Waals surface area contributed by atoms with Crippen LogP contribution >= 0.6 is 11.3 Å². The van der Waals surface area contributed by atoms with Crippen LogP contribution in [0.4, 0.5) is 0 Å². The second-order valence-electron chi connectivity index (χ2n) is 7.93. The third-order valence-corrected chi connectivity index (χ3v) is 7.78. The number of benzene rings is 1. The van der Waals surface area contributed by atoms with Gasteiger partial charge in [-0.2, -0.15) is 5.10 Å². The molecule has 1 aliphatic heterocycles. The van der Waals surface area contributed by atoms with Crippen molar-refractivity contribution in [3.05, 3.63) is 76.4 Å². The Labute approximate surface area is 191 Å². The summed E-state index contributed by atoms with van der Waals surface area (Å²) in [7, 11) is -1.37. The number of likely N-dealkylation sites (N-methyl/N-ethyl adjacent to an activating group) is 1. The fourth-order valence-corrected chi connectivity index (χ4v) is 5.15. The number of hydrazone groups is 1. The van der Waals surface area contributed by atoms with Crippen molar-refractivity contribution in [3.8, 4) is 0 Å². The Hall–Kier alpha value is -2.75. The van der Waals surface area contributed by atoms with E-state index < -0.39 is 9.84 Å². The summed E-state index contributed by atoms with van der Waals surface area (Å²) in [5.74, 6) is 0.571. The molecule has 1 amide bonds. The third-order valence-electron chi connectivity index (χ3n) is 5.68. The summed E-state index contributed by atoms with van der Waals surface area (Å²) in [6.45, 7) is 2.16. The first kappa shape index (κ1) is 22.4. The highest BCUT2D eigenvalue weighted by Crippen LogP contribution is 2.35. The van der Waals surface area contributed by atoms with Crippen LogP contribution in [0.1, 0.15) is 41.6 Å². The van der Waals surface area contributed by atoms with Crippen LogP contribution in [-0.2, 0) is 14.6 Å². The van der Waals surface area contributed by atoms with E-state index in [4.69, 9.17) is 4.42 Å². The topological polar surface area (TPSA) is 83.2 Å². The highest BCUT2D eigenvalue weighted by molar-refractivity contribution is 7.90. The van der Waals surface area contributed by atoms with Gasteiger partial charge in [-0.3, -0.25) is 9.69 Å². The number of hydrogen-bond acceptors (Lipinski definition) is 7. The molecule has 3 heterocycles. The minimum atomic E-state index is -3.24. The number of carbonyl (C=O) groups excluding carboxylic acids is 1. The normalized spacial score (nSPS) is 17.6. The molecular weight excluding hydrogens is 446 g/mol. The van der Waals surface area contributed by atoms with Crippen molar-refractivity contribution in [2.75, 3.05) is 19.8 Å². The first-order valence-electron chi connectivity index (χ1n) is 10.2. The van der Waals surface area contributed by atoms with Gasteiger partial charge in [-0.15, -0.1) is 11.3 Å². The Kier molecular flexibility index (Phi) is 6.32. The van der Waals surface area contributed by atoms with Crippen LogP contribution in [0.15, 0.2) is 74.6 Å². The largest absolute Gasteiger partial charge is 0.463 e. The Morgan fingerprint density at radius 1 is 1.25 bits per heavy atom. The van der Waals surface area contributed by atoms with Gasteiger partial charge in [0.1, 0.15) is 11.5 Å². The molecule has 0 bridgehead atoms. The number of furan rings is 1. The van der Waals surface area contributed by atoms with Crippen LogP contribution in [0.3, 0.4) is 0 Å². The number of rotatable bonds is 7. The molecule has 3 aromatic rings. The van der Waals surface area contributed by atoms with Gasteiger partial charge in [0.15, 0.2) is 9.84 Å². The molecule has 32 heavy (non-hydrogen) atoms. The Bertz CT molecular complexity index is 1200. The van der Waals surface area contributed by atoms with E-state index in [1.165, 1.54) is 6.26 Å². The van der Waals surface area contributed by atoms with Gasteiger partial charge >= 0.3 is 0 Å². The van der Waals surface area contributed by atoms with E-state index >= 15 is 0 Å². The zero-order valence-electron chi connectivity index (χ0n) is 18.1. The molecule has 0 fully saturated rings. The number of hydrogen-bond donors (Lipinski definition) is 0. The third kappa shape index (κ3) is 4.69. The smallest absolute Gasteiger partial charge is 0.257 e. The van der Waals surface area contributed by atoms with Crippen molar-refractivity contribution >= 4 is 32.8 Å². The number of amides is 1. The summed E-state index contributed by atoms with van der Waals surface area (Å²) >= 11 is 1.61. The van der Waals surface area contributed by atoms with Crippen molar-refractivity contribution in [1.29, 1.82) is 0 Å². The standard InChI is InChI=1S/C23H25N3O4S2/c1-16(17-8-10-18(11-9-17)32(3,28)29)25(2)15-23(27)26-20(22-7-5-13-31-22)14-19(24-26)21-6-4-12-30-21/h4-13,16,20H,14-15H2,1-3H3. The maximum atomic E-state index is 13.3. The predicted octanol–water partition coefficient (Wildman–Crippen LogP) is 4.12. The van der Waals surface area contributed by atoms with Gasteiger partial charge in [0.05, 0.1) is 23.7 Å².